The van der Waals surface area contributed by atoms with E-state index in [9.17, 15) is 0 Å². The van der Waals surface area contributed by atoms with Crippen LogP contribution in [0, 0.1) is 24.2 Å². The van der Waals surface area contributed by atoms with Crippen molar-refractivity contribution in [2.24, 2.45) is 5.92 Å². The van der Waals surface area contributed by atoms with Crippen molar-refractivity contribution >= 4 is 17.3 Å². The zero-order chi connectivity index (χ0) is 17.4. The summed E-state index contributed by atoms with van der Waals surface area (Å²) in [7, 11) is 0. The van der Waals surface area contributed by atoms with Crippen LogP contribution in [0.5, 0.6) is 5.75 Å². The summed E-state index contributed by atoms with van der Waals surface area (Å²) >= 11 is 6.30. The van der Waals surface area contributed by atoms with Crippen LogP contribution >= 0.6 is 11.6 Å². The number of hydrogen-bond donors (Lipinski definition) is 1. The van der Waals surface area contributed by atoms with Crippen molar-refractivity contribution in [3.05, 3.63) is 70.3 Å². The van der Waals surface area contributed by atoms with Crippen molar-refractivity contribution in [3.63, 3.8) is 0 Å². The van der Waals surface area contributed by atoms with Crippen molar-refractivity contribution in [3.8, 4) is 11.8 Å². The van der Waals surface area contributed by atoms with Crippen LogP contribution in [0.25, 0.3) is 0 Å². The van der Waals surface area contributed by atoms with Crippen molar-refractivity contribution in [2.75, 3.05) is 11.9 Å². The summed E-state index contributed by atoms with van der Waals surface area (Å²) < 4.78 is 5.36. The fourth-order valence-corrected chi connectivity index (χ4v) is 4.34. The molecule has 0 amide bonds. The highest BCUT2D eigenvalue weighted by Gasteiger charge is 2.38. The maximum absolute atomic E-state index is 8.63. The molecule has 1 heterocycles. The number of allylic oxidation sites excluding steroid dienone is 2. The number of anilines is 1. The Labute approximate surface area is 152 Å². The van der Waals surface area contributed by atoms with Gasteiger partial charge in [-0.25, -0.2) is 0 Å². The number of nitrogens with zero attached hydrogens (tertiary/aromatic N) is 1. The molecule has 0 saturated carbocycles. The molecule has 4 heteroatoms. The molecule has 4 rings (SSSR count). The normalized spacial score (nSPS) is 23.3. The Morgan fingerprint density at radius 2 is 2.08 bits per heavy atom. The monoisotopic (exact) mass is 350 g/mol. The lowest BCUT2D eigenvalue weighted by molar-refractivity contribution is 0.367. The SMILES string of the molecule is Cc1cc(Cl)cc2c1N[C@H](c1ccc(OCC#N)cc1)[C@@H]1CC=C[C@H]21. The van der Waals surface area contributed by atoms with Crippen LogP contribution < -0.4 is 10.1 Å². The average Bonchev–Trinajstić information content (AvgIpc) is 3.10. The zero-order valence-corrected chi connectivity index (χ0v) is 14.8. The Hall–Kier alpha value is -2.44. The number of hydrogen-bond acceptors (Lipinski definition) is 3. The molecule has 3 atom stereocenters. The molecule has 3 nitrogen and oxygen atoms in total. The molecule has 2 aliphatic rings. The van der Waals surface area contributed by atoms with E-state index in [0.717, 1.165) is 17.2 Å². The van der Waals surface area contributed by atoms with Gasteiger partial charge in [-0.15, -0.1) is 0 Å². The fraction of sp³-hybridized carbons (Fsp3) is 0.286. The molecule has 0 fully saturated rings. The lowest BCUT2D eigenvalue weighted by atomic mass is 9.76. The molecule has 1 N–H and O–H groups in total. The van der Waals surface area contributed by atoms with Crippen LogP contribution in [0.4, 0.5) is 5.69 Å². The van der Waals surface area contributed by atoms with Crippen LogP contribution in [0.3, 0.4) is 0 Å². The molecule has 126 valence electrons. The summed E-state index contributed by atoms with van der Waals surface area (Å²) in [6.45, 7) is 2.18. The van der Waals surface area contributed by atoms with E-state index in [1.165, 1.54) is 22.4 Å². The molecule has 0 unspecified atom stereocenters. The Bertz CT molecular complexity index is 867. The third-order valence-electron chi connectivity index (χ3n) is 5.17. The maximum Gasteiger partial charge on any atom is 0.174 e. The zero-order valence-electron chi connectivity index (χ0n) is 14.0. The Balaban J connectivity index is 1.68. The molecule has 0 saturated heterocycles. The van der Waals surface area contributed by atoms with Crippen LogP contribution in [0.15, 0.2) is 48.6 Å². The second kappa shape index (κ2) is 6.46. The van der Waals surface area contributed by atoms with Crippen LogP contribution in [0.1, 0.15) is 35.1 Å². The predicted molar refractivity (Wildman–Crippen MR) is 100 cm³/mol. The number of nitriles is 1. The highest BCUT2D eigenvalue weighted by Crippen LogP contribution is 2.51. The summed E-state index contributed by atoms with van der Waals surface area (Å²) in [6, 6.07) is 14.4. The standard InChI is InChI=1S/C21H19ClN2O/c1-13-11-15(22)12-19-17-3-2-4-18(17)21(24-20(13)19)14-5-7-16(8-6-14)25-10-9-23/h2-3,5-8,11-12,17-18,21,24H,4,10H2,1H3/t17-,18+,21+/m0/s1. The van der Waals surface area contributed by atoms with Gasteiger partial charge >= 0.3 is 0 Å². The van der Waals surface area contributed by atoms with Gasteiger partial charge in [0, 0.05) is 16.6 Å². The summed E-state index contributed by atoms with van der Waals surface area (Å²) in [5, 5.41) is 13.2. The number of benzene rings is 2. The van der Waals surface area contributed by atoms with Gasteiger partial charge in [0.1, 0.15) is 11.8 Å². The predicted octanol–water partition coefficient (Wildman–Crippen LogP) is 5.38. The van der Waals surface area contributed by atoms with E-state index < -0.39 is 0 Å². The minimum Gasteiger partial charge on any atom is -0.479 e. The molecule has 0 spiro atoms. The first kappa shape index (κ1) is 16.1. The number of aryl methyl sites for hydroxylation is 1. The first-order valence-corrected chi connectivity index (χ1v) is 8.88. The average molecular weight is 351 g/mol. The molecule has 25 heavy (non-hydrogen) atoms. The second-order valence-electron chi connectivity index (χ2n) is 6.68. The fourth-order valence-electron chi connectivity index (χ4n) is 4.06. The molecular weight excluding hydrogens is 332 g/mol. The highest BCUT2D eigenvalue weighted by atomic mass is 35.5. The summed E-state index contributed by atoms with van der Waals surface area (Å²) in [6.07, 6.45) is 5.65. The number of rotatable bonds is 3. The molecule has 0 aromatic heterocycles. The van der Waals surface area contributed by atoms with Gasteiger partial charge in [0.15, 0.2) is 6.61 Å². The first-order chi connectivity index (χ1) is 12.2. The molecule has 2 aromatic carbocycles. The molecule has 0 radical (unpaired) electrons. The smallest absolute Gasteiger partial charge is 0.174 e. The van der Waals surface area contributed by atoms with Gasteiger partial charge in [-0.2, -0.15) is 5.26 Å². The summed E-state index contributed by atoms with van der Waals surface area (Å²) in [5.41, 5.74) is 4.92. The Kier molecular flexibility index (Phi) is 4.15. The third kappa shape index (κ3) is 2.88. The van der Waals surface area contributed by atoms with E-state index in [0.29, 0.717) is 11.8 Å². The van der Waals surface area contributed by atoms with E-state index in [1.54, 1.807) is 0 Å². The number of halogens is 1. The van der Waals surface area contributed by atoms with E-state index in [-0.39, 0.29) is 12.6 Å². The molecular formula is C21H19ClN2O. The lowest BCUT2D eigenvalue weighted by Gasteiger charge is -2.38. The number of ether oxygens (including phenoxy) is 1. The van der Waals surface area contributed by atoms with Gasteiger partial charge < -0.3 is 10.1 Å². The Morgan fingerprint density at radius 3 is 2.84 bits per heavy atom. The quantitative estimate of drug-likeness (QED) is 0.756. The summed E-state index contributed by atoms with van der Waals surface area (Å²) in [5.74, 6) is 1.61. The molecule has 0 bridgehead atoms. The van der Waals surface area contributed by atoms with E-state index in [4.69, 9.17) is 21.6 Å². The third-order valence-corrected chi connectivity index (χ3v) is 5.39. The molecule has 1 aliphatic carbocycles. The number of fused-ring (bicyclic) bond motifs is 3. The van der Waals surface area contributed by atoms with E-state index >= 15 is 0 Å². The maximum atomic E-state index is 8.63. The van der Waals surface area contributed by atoms with Gasteiger partial charge in [0.25, 0.3) is 0 Å². The first-order valence-electron chi connectivity index (χ1n) is 8.50. The molecule has 2 aromatic rings. The van der Waals surface area contributed by atoms with Gasteiger partial charge in [0.05, 0.1) is 6.04 Å². The lowest BCUT2D eigenvalue weighted by Crippen LogP contribution is -2.29. The highest BCUT2D eigenvalue weighted by molar-refractivity contribution is 6.30. The van der Waals surface area contributed by atoms with Crippen molar-refractivity contribution in [1.29, 1.82) is 5.26 Å². The van der Waals surface area contributed by atoms with Crippen molar-refractivity contribution < 1.29 is 4.74 Å². The Morgan fingerprint density at radius 1 is 1.28 bits per heavy atom. The largest absolute Gasteiger partial charge is 0.479 e. The minimum absolute atomic E-state index is 0.0724. The van der Waals surface area contributed by atoms with Gasteiger partial charge in [-0.3, -0.25) is 0 Å². The van der Waals surface area contributed by atoms with Crippen molar-refractivity contribution in [1.82, 2.24) is 0 Å². The minimum atomic E-state index is 0.0724. The van der Waals surface area contributed by atoms with Crippen LogP contribution in [-0.4, -0.2) is 6.61 Å². The van der Waals surface area contributed by atoms with E-state index in [2.05, 4.69) is 42.6 Å². The number of nitrogens with one attached hydrogen (secondary N) is 1. The second-order valence-corrected chi connectivity index (χ2v) is 7.11. The topological polar surface area (TPSA) is 45.0 Å². The molecule has 1 aliphatic heterocycles. The van der Waals surface area contributed by atoms with Crippen molar-refractivity contribution in [2.45, 2.75) is 25.3 Å². The van der Waals surface area contributed by atoms with Gasteiger partial charge in [0.2, 0.25) is 0 Å². The van der Waals surface area contributed by atoms with Gasteiger partial charge in [-0.05, 0) is 60.2 Å². The summed E-state index contributed by atoms with van der Waals surface area (Å²) in [4.78, 5) is 0. The van der Waals surface area contributed by atoms with Crippen LogP contribution in [0.2, 0.25) is 5.02 Å². The van der Waals surface area contributed by atoms with Crippen LogP contribution in [-0.2, 0) is 0 Å². The van der Waals surface area contributed by atoms with E-state index in [1.807, 2.05) is 24.3 Å². The van der Waals surface area contributed by atoms with Gasteiger partial charge in [-0.1, -0.05) is 35.9 Å².